The van der Waals surface area contributed by atoms with Crippen molar-refractivity contribution in [1.82, 2.24) is 19.7 Å². The maximum Gasteiger partial charge on any atom is 0.341 e. The van der Waals surface area contributed by atoms with Crippen LogP contribution in [0.5, 0.6) is 0 Å². The van der Waals surface area contributed by atoms with Crippen molar-refractivity contribution in [3.05, 3.63) is 28.3 Å². The Bertz CT molecular complexity index is 1010. The number of carboxylic acid groups (broad SMARTS) is 1. The molecule has 4 rings (SSSR count). The van der Waals surface area contributed by atoms with E-state index >= 15 is 0 Å². The third-order valence-corrected chi connectivity index (χ3v) is 6.51. The van der Waals surface area contributed by atoms with Gasteiger partial charge in [-0.3, -0.25) is 9.59 Å². The SMILES string of the molecule is COC(=O)c1cn([C@@H]2C(=O)N3[C@@H]2SC(C)(C)[C@@H]3C(=O)O)cc2c(=O)[nH]nc1-2. The number of nitrogens with one attached hydrogen (secondary N) is 1. The first-order chi connectivity index (χ1) is 12.7. The van der Waals surface area contributed by atoms with Gasteiger partial charge in [-0.05, 0) is 13.8 Å². The highest BCUT2D eigenvalue weighted by Gasteiger charge is 2.64. The standard InChI is InChI=1S/C16H16N4O6S/c1-16(2)10(14(23)24)20-12(22)9(13(20)27-16)19-4-6-8(17-18-11(6)21)7(5-19)15(25)26-3/h4-5,9-10,13H,1-3H3,(H,18,21)(H,23,24)/t9-,10+,13-/m1/s1. The number of carbonyl (C=O) groups is 3. The minimum Gasteiger partial charge on any atom is -0.480 e. The molecule has 0 spiro atoms. The van der Waals surface area contributed by atoms with Crippen molar-refractivity contribution >= 4 is 29.6 Å². The van der Waals surface area contributed by atoms with E-state index in [2.05, 4.69) is 10.2 Å². The third-order valence-electron chi connectivity index (χ3n) is 4.95. The van der Waals surface area contributed by atoms with Gasteiger partial charge in [-0.15, -0.1) is 11.8 Å². The summed E-state index contributed by atoms with van der Waals surface area (Å²) in [5.41, 5.74) is -0.122. The molecule has 0 saturated carbocycles. The average Bonchev–Trinajstić information content (AvgIpc) is 3.09. The van der Waals surface area contributed by atoms with Gasteiger partial charge in [0.1, 0.15) is 28.7 Å². The lowest BCUT2D eigenvalue weighted by Gasteiger charge is -2.44. The molecule has 27 heavy (non-hydrogen) atoms. The maximum atomic E-state index is 12.8. The van der Waals surface area contributed by atoms with Crippen LogP contribution in [0, 0.1) is 0 Å². The third kappa shape index (κ3) is 2.30. The van der Waals surface area contributed by atoms with Crippen molar-refractivity contribution in [2.24, 2.45) is 0 Å². The van der Waals surface area contributed by atoms with Crippen molar-refractivity contribution in [2.75, 3.05) is 7.11 Å². The summed E-state index contributed by atoms with van der Waals surface area (Å²) in [5.74, 6) is -2.12. The average molecular weight is 392 g/mol. The Labute approximate surface area is 156 Å². The number of ether oxygens (including phenoxy) is 1. The number of carboxylic acids is 1. The zero-order chi connectivity index (χ0) is 19.7. The number of amides is 1. The summed E-state index contributed by atoms with van der Waals surface area (Å²) in [6, 6.07) is -1.66. The zero-order valence-electron chi connectivity index (χ0n) is 14.6. The van der Waals surface area contributed by atoms with Gasteiger partial charge in [-0.1, -0.05) is 0 Å². The quantitative estimate of drug-likeness (QED) is 0.557. The molecule has 1 amide bonds. The number of pyridine rings is 1. The summed E-state index contributed by atoms with van der Waals surface area (Å²) in [7, 11) is 1.21. The fraction of sp³-hybridized carbons (Fsp3) is 0.438. The number of hydrogen-bond acceptors (Lipinski definition) is 7. The molecule has 2 N–H and O–H groups in total. The molecule has 0 radical (unpaired) electrons. The zero-order valence-corrected chi connectivity index (χ0v) is 15.4. The molecule has 2 saturated heterocycles. The van der Waals surface area contributed by atoms with Crippen molar-refractivity contribution in [3.8, 4) is 11.3 Å². The summed E-state index contributed by atoms with van der Waals surface area (Å²) in [6.07, 6.45) is 2.87. The number of H-pyrrole nitrogens is 1. The number of carbonyl (C=O) groups excluding carboxylic acids is 2. The van der Waals surface area contributed by atoms with E-state index in [4.69, 9.17) is 4.74 Å². The Morgan fingerprint density at radius 1 is 1.33 bits per heavy atom. The van der Waals surface area contributed by atoms with Crippen LogP contribution in [0.2, 0.25) is 0 Å². The van der Waals surface area contributed by atoms with Crippen LogP contribution < -0.4 is 5.56 Å². The highest BCUT2D eigenvalue weighted by Crippen LogP contribution is 2.54. The number of rotatable bonds is 3. The summed E-state index contributed by atoms with van der Waals surface area (Å²) >= 11 is 1.38. The number of hydrogen-bond donors (Lipinski definition) is 2. The number of thioether (sulfide) groups is 1. The molecule has 0 aliphatic carbocycles. The number of nitrogens with zero attached hydrogens (tertiary/aromatic N) is 3. The van der Waals surface area contributed by atoms with Gasteiger partial charge >= 0.3 is 11.9 Å². The molecule has 2 fully saturated rings. The number of aliphatic carboxylic acids is 1. The minimum absolute atomic E-state index is 0.0524. The highest BCUT2D eigenvalue weighted by molar-refractivity contribution is 8.01. The molecule has 4 heterocycles. The lowest BCUT2D eigenvalue weighted by Crippen LogP contribution is -2.62. The van der Waals surface area contributed by atoms with E-state index in [1.807, 2.05) is 0 Å². The van der Waals surface area contributed by atoms with Gasteiger partial charge in [0.25, 0.3) is 5.56 Å². The fourth-order valence-electron chi connectivity index (χ4n) is 3.74. The molecule has 0 bridgehead atoms. The van der Waals surface area contributed by atoms with Gasteiger partial charge in [0.15, 0.2) is 0 Å². The number of aromatic nitrogens is 3. The smallest absolute Gasteiger partial charge is 0.341 e. The Morgan fingerprint density at radius 3 is 2.67 bits per heavy atom. The monoisotopic (exact) mass is 392 g/mol. The van der Waals surface area contributed by atoms with E-state index in [0.717, 1.165) is 0 Å². The predicted octanol–water partition coefficient (Wildman–Crippen LogP) is 0.151. The van der Waals surface area contributed by atoms with E-state index in [1.54, 1.807) is 13.8 Å². The van der Waals surface area contributed by atoms with Gasteiger partial charge in [-0.25, -0.2) is 14.7 Å². The lowest BCUT2D eigenvalue weighted by molar-refractivity contribution is -0.162. The first-order valence-electron chi connectivity index (χ1n) is 8.08. The predicted molar refractivity (Wildman–Crippen MR) is 93.6 cm³/mol. The van der Waals surface area contributed by atoms with Crippen molar-refractivity contribution in [2.45, 2.75) is 36.1 Å². The summed E-state index contributed by atoms with van der Waals surface area (Å²) in [4.78, 5) is 49.9. The number of aromatic amines is 1. The van der Waals surface area contributed by atoms with Crippen molar-refractivity contribution in [1.29, 1.82) is 0 Å². The van der Waals surface area contributed by atoms with Gasteiger partial charge in [0.2, 0.25) is 5.91 Å². The lowest BCUT2D eigenvalue weighted by atomic mass is 9.95. The van der Waals surface area contributed by atoms with Crippen molar-refractivity contribution < 1.29 is 24.2 Å². The molecule has 4 aliphatic heterocycles. The summed E-state index contributed by atoms with van der Waals surface area (Å²) in [5, 5.41) is 15.2. The van der Waals surface area contributed by atoms with Crippen molar-refractivity contribution in [3.63, 3.8) is 0 Å². The second kappa shape index (κ2) is 5.59. The molecule has 0 aromatic rings. The molecule has 0 aromatic heterocycles. The molecule has 0 aromatic carbocycles. The summed E-state index contributed by atoms with van der Waals surface area (Å²) in [6.45, 7) is 3.55. The first-order valence-corrected chi connectivity index (χ1v) is 8.96. The van der Waals surface area contributed by atoms with Crippen LogP contribution in [-0.2, 0) is 14.3 Å². The highest BCUT2D eigenvalue weighted by atomic mass is 32.2. The van der Waals surface area contributed by atoms with Gasteiger partial charge in [-0.2, -0.15) is 5.10 Å². The van der Waals surface area contributed by atoms with Gasteiger partial charge in [0, 0.05) is 17.1 Å². The largest absolute Gasteiger partial charge is 0.480 e. The van der Waals surface area contributed by atoms with Crippen LogP contribution >= 0.6 is 11.8 Å². The number of esters is 1. The molecule has 10 nitrogen and oxygen atoms in total. The van der Waals surface area contributed by atoms with Crippen LogP contribution in [0.15, 0.2) is 17.2 Å². The first kappa shape index (κ1) is 17.6. The van der Waals surface area contributed by atoms with Crippen LogP contribution in [0.3, 0.4) is 0 Å². The molecular formula is C16H16N4O6S. The Hall–Kier alpha value is -2.82. The minimum atomic E-state index is -1.06. The molecule has 4 aliphatic rings. The van der Waals surface area contributed by atoms with Crippen LogP contribution in [-0.4, -0.2) is 65.9 Å². The van der Waals surface area contributed by atoms with Crippen LogP contribution in [0.25, 0.3) is 11.3 Å². The number of methoxy groups -OCH3 is 1. The molecule has 3 atom stereocenters. The van der Waals surface area contributed by atoms with E-state index < -0.39 is 39.7 Å². The Morgan fingerprint density at radius 2 is 2.04 bits per heavy atom. The number of fused-ring (bicyclic) bond motifs is 2. The molecule has 142 valence electrons. The van der Waals surface area contributed by atoms with Gasteiger partial charge < -0.3 is 19.3 Å². The number of β-lactam (4-membered cyclic amide) rings is 1. The van der Waals surface area contributed by atoms with E-state index in [0.29, 0.717) is 0 Å². The normalized spacial score (nSPS) is 26.0. The van der Waals surface area contributed by atoms with Crippen LogP contribution in [0.4, 0.5) is 0 Å². The second-order valence-electron chi connectivity index (χ2n) is 6.97. The Kier molecular flexibility index (Phi) is 3.64. The topological polar surface area (TPSA) is 135 Å². The molecule has 11 heteroatoms. The van der Waals surface area contributed by atoms with Gasteiger partial charge in [0.05, 0.1) is 12.7 Å². The summed E-state index contributed by atoms with van der Waals surface area (Å²) < 4.78 is 5.55. The maximum absolute atomic E-state index is 12.8. The second-order valence-corrected chi connectivity index (χ2v) is 8.74. The molecule has 0 unspecified atom stereocenters. The van der Waals surface area contributed by atoms with E-state index in [1.165, 1.54) is 40.7 Å². The fourth-order valence-corrected chi connectivity index (χ4v) is 5.43. The van der Waals surface area contributed by atoms with Crippen LogP contribution in [0.1, 0.15) is 30.2 Å². The molecular weight excluding hydrogens is 376 g/mol. The Balaban J connectivity index is 1.81. The van der Waals surface area contributed by atoms with E-state index in [-0.39, 0.29) is 22.7 Å². The van der Waals surface area contributed by atoms with E-state index in [9.17, 15) is 24.3 Å².